The number of hydrogen-bond acceptors (Lipinski definition) is 7. The Bertz CT molecular complexity index is 1190. The lowest BCUT2D eigenvalue weighted by Crippen LogP contribution is -2.28. The number of nitrogens with zero attached hydrogens (tertiary/aromatic N) is 4. The number of rotatable bonds is 6. The lowest BCUT2D eigenvalue weighted by molar-refractivity contribution is -0.384. The molecular weight excluding hydrogens is 416 g/mol. The maximum absolute atomic E-state index is 13.0. The zero-order valence-corrected chi connectivity index (χ0v) is 16.9. The molecule has 2 aromatic carbocycles. The van der Waals surface area contributed by atoms with Gasteiger partial charge < -0.3 is 4.42 Å². The van der Waals surface area contributed by atoms with Crippen molar-refractivity contribution in [2.45, 2.75) is 6.54 Å². The van der Waals surface area contributed by atoms with E-state index in [1.165, 1.54) is 23.3 Å². The van der Waals surface area contributed by atoms with Gasteiger partial charge in [-0.05, 0) is 41.1 Å². The van der Waals surface area contributed by atoms with Crippen LogP contribution < -0.4 is 0 Å². The Morgan fingerprint density at radius 3 is 2.61 bits per heavy atom. The zero-order valence-electron chi connectivity index (χ0n) is 16.1. The molecule has 0 radical (unpaired) electrons. The second-order valence-corrected chi connectivity index (χ2v) is 7.48. The van der Waals surface area contributed by atoms with Gasteiger partial charge in [0.25, 0.3) is 11.6 Å². The van der Waals surface area contributed by atoms with Crippen molar-refractivity contribution in [1.82, 2.24) is 4.90 Å². The van der Waals surface area contributed by atoms with Crippen LogP contribution in [0.15, 0.2) is 92.5 Å². The molecule has 2 heterocycles. The summed E-state index contributed by atoms with van der Waals surface area (Å²) in [6.45, 7) is 0.199. The largest absolute Gasteiger partial charge is 0.467 e. The van der Waals surface area contributed by atoms with E-state index in [9.17, 15) is 14.9 Å². The number of carbonyl (C=O) groups is 1. The number of benzene rings is 2. The molecule has 9 heteroatoms. The molecule has 0 aliphatic carbocycles. The molecule has 0 N–H and O–H groups in total. The van der Waals surface area contributed by atoms with Crippen LogP contribution in [0.4, 0.5) is 5.69 Å². The van der Waals surface area contributed by atoms with Crippen LogP contribution >= 0.6 is 11.8 Å². The lowest BCUT2D eigenvalue weighted by atomic mass is 10.2. The van der Waals surface area contributed by atoms with Gasteiger partial charge in [-0.15, -0.1) is 5.10 Å². The first-order valence-corrected chi connectivity index (χ1v) is 10.1. The summed E-state index contributed by atoms with van der Waals surface area (Å²) in [6.07, 6.45) is 4.75. The third-order valence-electron chi connectivity index (χ3n) is 4.31. The molecular formula is C22H16N4O4S. The summed E-state index contributed by atoms with van der Waals surface area (Å²) in [5.41, 5.74) is 1.39. The van der Waals surface area contributed by atoms with Gasteiger partial charge in [-0.2, -0.15) is 5.10 Å². The molecule has 1 aliphatic rings. The molecule has 1 fully saturated rings. The topological polar surface area (TPSA) is 101 Å². The second-order valence-electron chi connectivity index (χ2n) is 6.47. The Balaban J connectivity index is 1.63. The van der Waals surface area contributed by atoms with Crippen LogP contribution in [0.25, 0.3) is 6.08 Å². The highest BCUT2D eigenvalue weighted by molar-refractivity contribution is 8.18. The van der Waals surface area contributed by atoms with Gasteiger partial charge >= 0.3 is 0 Å². The summed E-state index contributed by atoms with van der Waals surface area (Å²) >= 11 is 1.16. The van der Waals surface area contributed by atoms with Gasteiger partial charge in [0.2, 0.25) is 0 Å². The standard InChI is InChI=1S/C22H16N4O4S/c27-21-20(13-17-8-4-9-18(12-17)26(28)29)31-22(25(21)15-19-10-5-11-30-19)24-23-14-16-6-2-1-3-7-16/h1-14H,15H2/b20-13-,23-14+,24-22-. The number of hydrogen-bond donors (Lipinski definition) is 0. The third kappa shape index (κ3) is 4.96. The zero-order chi connectivity index (χ0) is 21.6. The van der Waals surface area contributed by atoms with Gasteiger partial charge in [0.15, 0.2) is 5.17 Å². The van der Waals surface area contributed by atoms with Crippen molar-refractivity contribution in [3.8, 4) is 0 Å². The molecule has 1 aliphatic heterocycles. The quantitative estimate of drug-likeness (QED) is 0.243. The maximum Gasteiger partial charge on any atom is 0.270 e. The highest BCUT2D eigenvalue weighted by Crippen LogP contribution is 2.34. The number of thioether (sulfide) groups is 1. The molecule has 0 bridgehead atoms. The predicted molar refractivity (Wildman–Crippen MR) is 119 cm³/mol. The van der Waals surface area contributed by atoms with Gasteiger partial charge in [-0.25, -0.2) is 0 Å². The summed E-state index contributed by atoms with van der Waals surface area (Å²) in [5, 5.41) is 19.8. The number of non-ortho nitro benzene ring substituents is 1. The molecule has 31 heavy (non-hydrogen) atoms. The number of amidine groups is 1. The number of amides is 1. The van der Waals surface area contributed by atoms with Crippen molar-refractivity contribution < 1.29 is 14.1 Å². The number of nitro benzene ring substituents is 1. The van der Waals surface area contributed by atoms with Crippen molar-refractivity contribution in [2.24, 2.45) is 10.2 Å². The molecule has 154 valence electrons. The smallest absolute Gasteiger partial charge is 0.270 e. The molecule has 0 unspecified atom stereocenters. The molecule has 0 spiro atoms. The minimum atomic E-state index is -0.472. The van der Waals surface area contributed by atoms with Crippen LogP contribution in [0.5, 0.6) is 0 Å². The summed E-state index contributed by atoms with van der Waals surface area (Å²) < 4.78 is 5.37. The Morgan fingerprint density at radius 1 is 1.06 bits per heavy atom. The molecule has 0 atom stereocenters. The Hall–Kier alpha value is -3.98. The van der Waals surface area contributed by atoms with Gasteiger partial charge in [0.1, 0.15) is 5.76 Å². The predicted octanol–water partition coefficient (Wildman–Crippen LogP) is 4.69. The van der Waals surface area contributed by atoms with Gasteiger partial charge in [-0.3, -0.25) is 19.8 Å². The van der Waals surface area contributed by atoms with Gasteiger partial charge in [0, 0.05) is 12.1 Å². The number of nitro groups is 1. The highest BCUT2D eigenvalue weighted by atomic mass is 32.2. The molecule has 1 aromatic heterocycles. The van der Waals surface area contributed by atoms with E-state index >= 15 is 0 Å². The van der Waals surface area contributed by atoms with Crippen molar-refractivity contribution in [3.05, 3.63) is 105 Å². The van der Waals surface area contributed by atoms with E-state index in [1.807, 2.05) is 30.3 Å². The Morgan fingerprint density at radius 2 is 1.87 bits per heavy atom. The van der Waals surface area contributed by atoms with E-state index < -0.39 is 4.92 Å². The molecule has 4 rings (SSSR count). The maximum atomic E-state index is 13.0. The molecule has 0 saturated carbocycles. The van der Waals surface area contributed by atoms with Gasteiger partial charge in [0.05, 0.1) is 28.9 Å². The van der Waals surface area contributed by atoms with Crippen LogP contribution in [-0.4, -0.2) is 27.1 Å². The average molecular weight is 432 g/mol. The van der Waals surface area contributed by atoms with Gasteiger partial charge in [-0.1, -0.05) is 42.5 Å². The molecule has 1 amide bonds. The van der Waals surface area contributed by atoms with Crippen LogP contribution in [0.1, 0.15) is 16.9 Å². The summed E-state index contributed by atoms with van der Waals surface area (Å²) in [7, 11) is 0. The first-order valence-electron chi connectivity index (χ1n) is 9.24. The first kappa shape index (κ1) is 20.3. The molecule has 1 saturated heterocycles. The monoisotopic (exact) mass is 432 g/mol. The van der Waals surface area contributed by atoms with Crippen molar-refractivity contribution in [1.29, 1.82) is 0 Å². The van der Waals surface area contributed by atoms with Crippen molar-refractivity contribution in [3.63, 3.8) is 0 Å². The highest BCUT2D eigenvalue weighted by Gasteiger charge is 2.34. The van der Waals surface area contributed by atoms with E-state index in [4.69, 9.17) is 4.42 Å². The fourth-order valence-corrected chi connectivity index (χ4v) is 3.78. The molecule has 8 nitrogen and oxygen atoms in total. The summed E-state index contributed by atoms with van der Waals surface area (Å²) in [6, 6.07) is 19.1. The van der Waals surface area contributed by atoms with Crippen LogP contribution in [0, 0.1) is 10.1 Å². The van der Waals surface area contributed by atoms with Crippen molar-refractivity contribution in [2.75, 3.05) is 0 Å². The Kier molecular flexibility index (Phi) is 6.04. The summed E-state index contributed by atoms with van der Waals surface area (Å²) in [5.74, 6) is 0.326. The first-order chi connectivity index (χ1) is 15.1. The third-order valence-corrected chi connectivity index (χ3v) is 5.31. The van der Waals surface area contributed by atoms with E-state index in [-0.39, 0.29) is 18.1 Å². The van der Waals surface area contributed by atoms with E-state index in [0.717, 1.165) is 17.3 Å². The SMILES string of the molecule is O=C1/C(=C/c2cccc([N+](=O)[O-])c2)S/C(=N\N=C\c2ccccc2)N1Cc1ccco1. The molecule has 3 aromatic rings. The fourth-order valence-electron chi connectivity index (χ4n) is 2.84. The Labute approximate surface area is 181 Å². The average Bonchev–Trinajstić information content (AvgIpc) is 3.39. The normalized spacial score (nSPS) is 16.6. The van der Waals surface area contributed by atoms with E-state index in [2.05, 4.69) is 10.2 Å². The van der Waals surface area contributed by atoms with Crippen LogP contribution in [0.3, 0.4) is 0 Å². The minimum absolute atomic E-state index is 0.0430. The summed E-state index contributed by atoms with van der Waals surface area (Å²) in [4.78, 5) is 25.4. The lowest BCUT2D eigenvalue weighted by Gasteiger charge is -2.12. The fraction of sp³-hybridized carbons (Fsp3) is 0.0455. The van der Waals surface area contributed by atoms with Crippen molar-refractivity contribution >= 4 is 40.8 Å². The minimum Gasteiger partial charge on any atom is -0.467 e. The van der Waals surface area contributed by atoms with Crippen LogP contribution in [0.2, 0.25) is 0 Å². The van der Waals surface area contributed by atoms with Crippen LogP contribution in [-0.2, 0) is 11.3 Å². The van der Waals surface area contributed by atoms with E-state index in [1.54, 1.807) is 36.6 Å². The number of furan rings is 1. The second kappa shape index (κ2) is 9.23. The van der Waals surface area contributed by atoms with E-state index in [0.29, 0.717) is 21.4 Å². The number of carbonyl (C=O) groups excluding carboxylic acids is 1.